The zero-order chi connectivity index (χ0) is 18.7. The van der Waals surface area contributed by atoms with Crippen molar-refractivity contribution in [1.29, 1.82) is 0 Å². The summed E-state index contributed by atoms with van der Waals surface area (Å²) < 4.78 is 0. The van der Waals surface area contributed by atoms with E-state index < -0.39 is 5.91 Å². The maximum atomic E-state index is 12.2. The van der Waals surface area contributed by atoms with Crippen LogP contribution in [-0.2, 0) is 9.63 Å². The molecule has 2 aromatic heterocycles. The van der Waals surface area contributed by atoms with E-state index in [2.05, 4.69) is 26.1 Å². The average Bonchev–Trinajstić information content (AvgIpc) is 3.43. The molecule has 2 heterocycles. The highest BCUT2D eigenvalue weighted by molar-refractivity contribution is 6.01. The third kappa shape index (κ3) is 4.15. The van der Waals surface area contributed by atoms with Crippen LogP contribution in [0.2, 0.25) is 0 Å². The van der Waals surface area contributed by atoms with Crippen molar-refractivity contribution in [3.63, 3.8) is 0 Å². The first-order valence-electron chi connectivity index (χ1n) is 8.33. The normalized spacial score (nSPS) is 13.2. The minimum atomic E-state index is -0.444. The van der Waals surface area contributed by atoms with Crippen molar-refractivity contribution in [2.24, 2.45) is 5.92 Å². The molecule has 1 saturated carbocycles. The van der Waals surface area contributed by atoms with E-state index >= 15 is 0 Å². The summed E-state index contributed by atoms with van der Waals surface area (Å²) in [6.45, 7) is 3.79. The first kappa shape index (κ1) is 17.8. The molecule has 1 fully saturated rings. The van der Waals surface area contributed by atoms with E-state index in [9.17, 15) is 9.59 Å². The number of carbonyl (C=O) groups is 2. The minimum absolute atomic E-state index is 0.0503. The molecule has 8 nitrogen and oxygen atoms in total. The van der Waals surface area contributed by atoms with Gasteiger partial charge in [-0.25, -0.2) is 10.5 Å². The van der Waals surface area contributed by atoms with Crippen LogP contribution in [0.3, 0.4) is 0 Å². The molecule has 0 spiro atoms. The lowest BCUT2D eigenvalue weighted by atomic mass is 10.2. The molecule has 2 amide bonds. The number of nitrogens with one attached hydrogen (secondary N) is 3. The molecule has 3 rings (SSSR count). The largest absolute Gasteiger partial charge is 0.353 e. The summed E-state index contributed by atoms with van der Waals surface area (Å²) in [5, 5.41) is 5.98. The fourth-order valence-corrected chi connectivity index (χ4v) is 2.49. The molecule has 0 unspecified atom stereocenters. The number of hydroxylamine groups is 1. The van der Waals surface area contributed by atoms with E-state index in [1.807, 2.05) is 26.0 Å². The number of anilines is 3. The Balaban J connectivity index is 1.91. The van der Waals surface area contributed by atoms with E-state index in [4.69, 9.17) is 4.84 Å². The molecule has 0 aromatic carbocycles. The highest BCUT2D eigenvalue weighted by Crippen LogP contribution is 2.31. The van der Waals surface area contributed by atoms with Gasteiger partial charge in [-0.3, -0.25) is 19.4 Å². The number of nitrogens with zero attached hydrogens (tertiary/aromatic N) is 2. The highest BCUT2D eigenvalue weighted by Gasteiger charge is 2.30. The maximum absolute atomic E-state index is 12.2. The standard InChI is InChI=1S/C18H21N5O3/c1-10-4-7-14(11(2)20-10)21-15-8-16(22-17(24)12-5-6-12)19-9-13(15)18(25)23-26-3/h4,7-9,12H,5-6H2,1-3H3,(H,23,25)(H2,19,21,22,24). The topological polar surface area (TPSA) is 105 Å². The smallest absolute Gasteiger partial charge is 0.278 e. The molecule has 0 aliphatic heterocycles. The molecule has 136 valence electrons. The van der Waals surface area contributed by atoms with Gasteiger partial charge in [-0.15, -0.1) is 0 Å². The third-order valence-electron chi connectivity index (χ3n) is 4.04. The number of carbonyl (C=O) groups excluding carboxylic acids is 2. The van der Waals surface area contributed by atoms with Gasteiger partial charge in [0.15, 0.2) is 0 Å². The molecular formula is C18H21N5O3. The van der Waals surface area contributed by atoms with Crippen molar-refractivity contribution in [3.05, 3.63) is 41.3 Å². The van der Waals surface area contributed by atoms with Crippen molar-refractivity contribution < 1.29 is 14.4 Å². The van der Waals surface area contributed by atoms with Gasteiger partial charge < -0.3 is 10.6 Å². The van der Waals surface area contributed by atoms with E-state index in [1.165, 1.54) is 13.3 Å². The zero-order valence-electron chi connectivity index (χ0n) is 14.9. The van der Waals surface area contributed by atoms with Crippen LogP contribution in [0.15, 0.2) is 24.4 Å². The predicted octanol–water partition coefficient (Wildman–Crippen LogP) is 2.48. The number of aromatic nitrogens is 2. The number of hydrogen-bond donors (Lipinski definition) is 3. The van der Waals surface area contributed by atoms with E-state index in [1.54, 1.807) is 6.07 Å². The summed E-state index contributed by atoms with van der Waals surface area (Å²) in [5.74, 6) is -0.0460. The quantitative estimate of drug-likeness (QED) is 0.688. The Labute approximate surface area is 151 Å². The van der Waals surface area contributed by atoms with Crippen LogP contribution < -0.4 is 16.1 Å². The number of amides is 2. The lowest BCUT2D eigenvalue weighted by molar-refractivity contribution is -0.117. The Morgan fingerprint density at radius 2 is 1.96 bits per heavy atom. The van der Waals surface area contributed by atoms with E-state index in [-0.39, 0.29) is 17.4 Å². The van der Waals surface area contributed by atoms with Crippen molar-refractivity contribution >= 4 is 29.0 Å². The monoisotopic (exact) mass is 355 g/mol. The van der Waals surface area contributed by atoms with Crippen LogP contribution in [0.1, 0.15) is 34.6 Å². The van der Waals surface area contributed by atoms with Crippen LogP contribution in [-0.4, -0.2) is 28.9 Å². The number of rotatable bonds is 6. The van der Waals surface area contributed by atoms with Crippen LogP contribution >= 0.6 is 0 Å². The average molecular weight is 355 g/mol. The maximum Gasteiger partial charge on any atom is 0.278 e. The van der Waals surface area contributed by atoms with Gasteiger partial charge in [0.25, 0.3) is 5.91 Å². The summed E-state index contributed by atoms with van der Waals surface area (Å²) in [4.78, 5) is 37.5. The number of aryl methyl sites for hydroxylation is 2. The minimum Gasteiger partial charge on any atom is -0.353 e. The molecule has 26 heavy (non-hydrogen) atoms. The van der Waals surface area contributed by atoms with Gasteiger partial charge in [0.1, 0.15) is 5.82 Å². The fourth-order valence-electron chi connectivity index (χ4n) is 2.49. The van der Waals surface area contributed by atoms with Crippen LogP contribution in [0.4, 0.5) is 17.2 Å². The lowest BCUT2D eigenvalue weighted by Crippen LogP contribution is -2.23. The molecule has 3 N–H and O–H groups in total. The van der Waals surface area contributed by atoms with Gasteiger partial charge in [-0.1, -0.05) is 0 Å². The first-order chi connectivity index (χ1) is 12.5. The van der Waals surface area contributed by atoms with Crippen molar-refractivity contribution in [2.75, 3.05) is 17.7 Å². The molecule has 0 saturated heterocycles. The highest BCUT2D eigenvalue weighted by atomic mass is 16.6. The molecule has 2 aromatic rings. The summed E-state index contributed by atoms with van der Waals surface area (Å²) in [5.41, 5.74) is 5.51. The van der Waals surface area contributed by atoms with Gasteiger partial charge in [0.2, 0.25) is 5.91 Å². The molecule has 1 aliphatic carbocycles. The summed E-state index contributed by atoms with van der Waals surface area (Å²) >= 11 is 0. The van der Waals surface area contributed by atoms with Crippen LogP contribution in [0.25, 0.3) is 0 Å². The Kier molecular flexibility index (Phi) is 5.13. The Hall–Kier alpha value is -3.00. The summed E-state index contributed by atoms with van der Waals surface area (Å²) in [6, 6.07) is 5.39. The van der Waals surface area contributed by atoms with Crippen LogP contribution in [0.5, 0.6) is 0 Å². The zero-order valence-corrected chi connectivity index (χ0v) is 14.9. The van der Waals surface area contributed by atoms with E-state index in [0.717, 1.165) is 29.9 Å². The molecule has 0 bridgehead atoms. The molecular weight excluding hydrogens is 334 g/mol. The Morgan fingerprint density at radius 1 is 1.19 bits per heavy atom. The van der Waals surface area contributed by atoms with Gasteiger partial charge >= 0.3 is 0 Å². The number of pyridine rings is 2. The second kappa shape index (κ2) is 7.49. The second-order valence-corrected chi connectivity index (χ2v) is 6.22. The summed E-state index contributed by atoms with van der Waals surface area (Å²) in [7, 11) is 1.36. The van der Waals surface area contributed by atoms with Gasteiger partial charge in [-0.2, -0.15) is 0 Å². The van der Waals surface area contributed by atoms with Gasteiger partial charge in [-0.05, 0) is 38.8 Å². The molecule has 1 aliphatic rings. The summed E-state index contributed by atoms with van der Waals surface area (Å²) in [6.07, 6.45) is 3.20. The molecule has 0 radical (unpaired) electrons. The van der Waals surface area contributed by atoms with Crippen molar-refractivity contribution in [3.8, 4) is 0 Å². The number of hydrogen-bond acceptors (Lipinski definition) is 6. The van der Waals surface area contributed by atoms with Crippen LogP contribution in [0, 0.1) is 19.8 Å². The molecule has 8 heteroatoms. The van der Waals surface area contributed by atoms with E-state index in [0.29, 0.717) is 11.5 Å². The lowest BCUT2D eigenvalue weighted by Gasteiger charge is -2.15. The Morgan fingerprint density at radius 3 is 2.62 bits per heavy atom. The van der Waals surface area contributed by atoms with Gasteiger partial charge in [0, 0.05) is 23.9 Å². The van der Waals surface area contributed by atoms with Crippen molar-refractivity contribution in [2.45, 2.75) is 26.7 Å². The first-order valence-corrected chi connectivity index (χ1v) is 8.33. The predicted molar refractivity (Wildman–Crippen MR) is 97.1 cm³/mol. The van der Waals surface area contributed by atoms with Crippen molar-refractivity contribution in [1.82, 2.24) is 15.4 Å². The second-order valence-electron chi connectivity index (χ2n) is 6.22. The van der Waals surface area contributed by atoms with Gasteiger partial charge in [0.05, 0.1) is 29.7 Å². The SMILES string of the molecule is CONC(=O)c1cnc(NC(=O)C2CC2)cc1Nc1ccc(C)nc1C. The Bertz CT molecular complexity index is 849. The third-order valence-corrected chi connectivity index (χ3v) is 4.04. The fraction of sp³-hybridized carbons (Fsp3) is 0.333. The molecule has 0 atom stereocenters.